The Morgan fingerprint density at radius 3 is 2.63 bits per heavy atom. The monoisotopic (exact) mass is 507 g/mol. The van der Waals surface area contributed by atoms with Crippen molar-refractivity contribution in [3.8, 4) is 11.1 Å². The molecule has 0 spiro atoms. The molecule has 7 nitrogen and oxygen atoms in total. The van der Waals surface area contributed by atoms with Gasteiger partial charge in [-0.1, -0.05) is 68.7 Å². The first-order valence-electron chi connectivity index (χ1n) is 12.3. The number of carbonyl (C=O) groups excluding carboxylic acids is 1. The van der Waals surface area contributed by atoms with Gasteiger partial charge in [0.15, 0.2) is 0 Å². The summed E-state index contributed by atoms with van der Waals surface area (Å²) < 4.78 is 1.46. The number of carbonyl (C=O) groups is 1. The largest absolute Gasteiger partial charge is 0.299 e. The molecule has 1 aliphatic carbocycles. The fourth-order valence-electron chi connectivity index (χ4n) is 4.80. The van der Waals surface area contributed by atoms with Gasteiger partial charge < -0.3 is 0 Å². The summed E-state index contributed by atoms with van der Waals surface area (Å²) in [6.07, 6.45) is 8.88. The topological polar surface area (TPSA) is 89.8 Å². The molecule has 3 heterocycles. The normalized spacial score (nSPS) is 15.4. The quantitative estimate of drug-likeness (QED) is 0.323. The predicted molar refractivity (Wildman–Crippen MR) is 142 cm³/mol. The molecule has 1 amide bonds. The highest BCUT2D eigenvalue weighted by molar-refractivity contribution is 7.17. The number of thiophene rings is 1. The number of hydrogen-bond donors (Lipinski definition) is 1. The van der Waals surface area contributed by atoms with Gasteiger partial charge in [-0.25, -0.2) is 4.98 Å². The molecule has 0 aliphatic heterocycles. The summed E-state index contributed by atoms with van der Waals surface area (Å²) in [4.78, 5) is 32.0. The first kappa shape index (κ1) is 23.8. The maximum atomic E-state index is 13.6. The van der Waals surface area contributed by atoms with Crippen molar-refractivity contribution < 1.29 is 4.79 Å². The number of aryl methyl sites for hydroxylation is 1. The van der Waals surface area contributed by atoms with Crippen LogP contribution in [0.5, 0.6) is 0 Å². The van der Waals surface area contributed by atoms with Crippen molar-refractivity contribution in [2.24, 2.45) is 0 Å². The second-order valence-corrected chi connectivity index (χ2v) is 10.9. The van der Waals surface area contributed by atoms with Crippen LogP contribution in [0.1, 0.15) is 74.9 Å². The number of rotatable bonds is 7. The van der Waals surface area contributed by atoms with Gasteiger partial charge >= 0.3 is 0 Å². The lowest BCUT2D eigenvalue weighted by atomic mass is 9.90. The van der Waals surface area contributed by atoms with Crippen molar-refractivity contribution in [1.82, 2.24) is 19.7 Å². The van der Waals surface area contributed by atoms with Crippen molar-refractivity contribution in [1.29, 1.82) is 0 Å². The lowest BCUT2D eigenvalue weighted by molar-refractivity contribution is -0.119. The van der Waals surface area contributed by atoms with E-state index in [9.17, 15) is 9.59 Å². The van der Waals surface area contributed by atoms with Gasteiger partial charge in [-0.3, -0.25) is 19.5 Å². The lowest BCUT2D eigenvalue weighted by Crippen LogP contribution is -2.33. The Bertz CT molecular complexity index is 1380. The Balaban J connectivity index is 1.42. The number of amides is 1. The van der Waals surface area contributed by atoms with Crippen LogP contribution < -0.4 is 10.9 Å². The van der Waals surface area contributed by atoms with Crippen LogP contribution in [0, 0.1) is 0 Å². The predicted octanol–water partition coefficient (Wildman–Crippen LogP) is 6.18. The maximum absolute atomic E-state index is 13.6. The molecule has 0 bridgehead atoms. The highest BCUT2D eigenvalue weighted by atomic mass is 32.1. The average molecular weight is 508 g/mol. The summed E-state index contributed by atoms with van der Waals surface area (Å²) in [5.41, 5.74) is 2.88. The molecule has 1 aromatic carbocycles. The van der Waals surface area contributed by atoms with Gasteiger partial charge in [-0.15, -0.1) is 21.5 Å². The third kappa shape index (κ3) is 4.79. The van der Waals surface area contributed by atoms with Crippen LogP contribution in [-0.2, 0) is 11.2 Å². The van der Waals surface area contributed by atoms with Gasteiger partial charge in [0.25, 0.3) is 5.56 Å². The number of nitrogens with one attached hydrogen (secondary N) is 1. The fraction of sp³-hybridized carbons (Fsp3) is 0.423. The van der Waals surface area contributed by atoms with E-state index in [1.54, 1.807) is 0 Å². The minimum atomic E-state index is -0.684. The zero-order chi connectivity index (χ0) is 24.4. The summed E-state index contributed by atoms with van der Waals surface area (Å²) in [6.45, 7) is 4.01. The van der Waals surface area contributed by atoms with Crippen LogP contribution in [-0.4, -0.2) is 25.7 Å². The van der Waals surface area contributed by atoms with Gasteiger partial charge in [0.1, 0.15) is 15.9 Å². The first-order valence-corrected chi connectivity index (χ1v) is 14.0. The summed E-state index contributed by atoms with van der Waals surface area (Å²) >= 11 is 2.89. The van der Waals surface area contributed by atoms with Crippen molar-refractivity contribution in [3.05, 3.63) is 56.9 Å². The Hall–Kier alpha value is -2.91. The molecule has 0 saturated heterocycles. The first-order chi connectivity index (χ1) is 17.1. The summed E-state index contributed by atoms with van der Waals surface area (Å²) in [6, 6.07) is 7.57. The molecule has 35 heavy (non-hydrogen) atoms. The molecule has 9 heteroatoms. The molecule has 4 aromatic rings. The zero-order valence-corrected chi connectivity index (χ0v) is 21.6. The molecular formula is C26H29N5O2S2. The Morgan fingerprint density at radius 1 is 1.14 bits per heavy atom. The molecule has 5 rings (SSSR count). The van der Waals surface area contributed by atoms with Gasteiger partial charge in [-0.2, -0.15) is 0 Å². The third-order valence-corrected chi connectivity index (χ3v) is 8.73. The van der Waals surface area contributed by atoms with Gasteiger partial charge in [0.05, 0.1) is 11.7 Å². The van der Waals surface area contributed by atoms with Crippen LogP contribution in [0.3, 0.4) is 0 Å². The third-order valence-electron chi connectivity index (χ3n) is 6.84. The Labute approximate surface area is 212 Å². The lowest BCUT2D eigenvalue weighted by Gasteiger charge is -2.18. The molecule has 182 valence electrons. The summed E-state index contributed by atoms with van der Waals surface area (Å²) in [5, 5.41) is 15.5. The minimum absolute atomic E-state index is 0.201. The van der Waals surface area contributed by atoms with E-state index in [1.165, 1.54) is 58.4 Å². The fourth-order valence-corrected chi connectivity index (χ4v) is 6.62. The van der Waals surface area contributed by atoms with E-state index in [0.717, 1.165) is 35.4 Å². The van der Waals surface area contributed by atoms with E-state index >= 15 is 0 Å². The Morgan fingerprint density at radius 2 is 1.91 bits per heavy atom. The van der Waals surface area contributed by atoms with Crippen molar-refractivity contribution in [2.45, 2.75) is 70.8 Å². The molecule has 1 unspecified atom stereocenters. The molecule has 1 saturated carbocycles. The van der Waals surface area contributed by atoms with Crippen molar-refractivity contribution >= 4 is 43.9 Å². The molecule has 1 N–H and O–H groups in total. The van der Waals surface area contributed by atoms with E-state index in [1.807, 2.05) is 24.4 Å². The van der Waals surface area contributed by atoms with Crippen LogP contribution in [0.25, 0.3) is 21.3 Å². The Kier molecular flexibility index (Phi) is 7.06. The van der Waals surface area contributed by atoms with Crippen molar-refractivity contribution in [3.63, 3.8) is 0 Å². The van der Waals surface area contributed by atoms with E-state index in [-0.39, 0.29) is 11.5 Å². The number of benzene rings is 1. The molecule has 1 fully saturated rings. The second kappa shape index (κ2) is 10.4. The molecule has 1 aliphatic rings. The smallest absolute Gasteiger partial charge is 0.263 e. The van der Waals surface area contributed by atoms with Crippen LogP contribution in [0.2, 0.25) is 0 Å². The van der Waals surface area contributed by atoms with E-state index in [4.69, 9.17) is 0 Å². The summed E-state index contributed by atoms with van der Waals surface area (Å²) in [5.74, 6) is 0.165. The molecule has 1 atom stereocenters. The SMILES string of the molecule is CCc1ccc(-c2csc3ncn(C(CC)C(=O)Nc4nnc(C5CCCCC5)s4)c(=O)c23)cc1. The number of anilines is 1. The number of aromatic nitrogens is 4. The summed E-state index contributed by atoms with van der Waals surface area (Å²) in [7, 11) is 0. The highest BCUT2D eigenvalue weighted by Crippen LogP contribution is 2.35. The van der Waals surface area contributed by atoms with Gasteiger partial charge in [-0.05, 0) is 36.8 Å². The van der Waals surface area contributed by atoms with Crippen LogP contribution in [0.15, 0.2) is 40.8 Å². The van der Waals surface area contributed by atoms with Gasteiger partial charge in [0, 0.05) is 16.9 Å². The van der Waals surface area contributed by atoms with E-state index < -0.39 is 6.04 Å². The molecule has 3 aromatic heterocycles. The average Bonchev–Trinajstić information content (AvgIpc) is 3.54. The van der Waals surface area contributed by atoms with E-state index in [0.29, 0.717) is 27.7 Å². The standard InChI is InChI=1S/C26H29N5O2S2/c1-3-16-10-12-17(13-11-16)19-14-34-24-21(19)25(33)31(15-27-24)20(4-2)22(32)28-26-30-29-23(35-26)18-8-6-5-7-9-18/h10-15,18,20H,3-9H2,1-2H3,(H,28,30,32). The molecular weight excluding hydrogens is 478 g/mol. The number of nitrogens with zero attached hydrogens (tertiary/aromatic N) is 4. The zero-order valence-electron chi connectivity index (χ0n) is 20.0. The van der Waals surface area contributed by atoms with Gasteiger partial charge in [0.2, 0.25) is 11.0 Å². The molecule has 0 radical (unpaired) electrons. The van der Waals surface area contributed by atoms with Crippen LogP contribution in [0.4, 0.5) is 5.13 Å². The number of hydrogen-bond acceptors (Lipinski definition) is 7. The second-order valence-electron chi connectivity index (χ2n) is 9.03. The van der Waals surface area contributed by atoms with E-state index in [2.05, 4.69) is 39.6 Å². The van der Waals surface area contributed by atoms with Crippen molar-refractivity contribution in [2.75, 3.05) is 5.32 Å². The van der Waals surface area contributed by atoms with Crippen LogP contribution >= 0.6 is 22.7 Å². The minimum Gasteiger partial charge on any atom is -0.299 e. The maximum Gasteiger partial charge on any atom is 0.263 e. The highest BCUT2D eigenvalue weighted by Gasteiger charge is 2.25. The number of fused-ring (bicyclic) bond motifs is 1.